The summed E-state index contributed by atoms with van der Waals surface area (Å²) in [5.41, 5.74) is 0. The van der Waals surface area contributed by atoms with Crippen molar-refractivity contribution < 1.29 is 13.9 Å². The third-order valence-corrected chi connectivity index (χ3v) is 1.38. The maximum absolute atomic E-state index is 10.8. The summed E-state index contributed by atoms with van der Waals surface area (Å²) in [6.45, 7) is 4.09. The number of rotatable bonds is 4. The molecule has 1 rings (SSSR count). The van der Waals surface area contributed by atoms with E-state index < -0.39 is 0 Å². The first-order chi connectivity index (χ1) is 5.74. The maximum atomic E-state index is 10.8. The van der Waals surface area contributed by atoms with E-state index in [0.717, 1.165) is 6.42 Å². The second kappa shape index (κ2) is 3.95. The van der Waals surface area contributed by atoms with Crippen molar-refractivity contribution in [3.8, 4) is 5.95 Å². The van der Waals surface area contributed by atoms with Crippen LogP contribution in [0.4, 0.5) is 0 Å². The van der Waals surface area contributed by atoms with E-state index in [-0.39, 0.29) is 5.78 Å². The molecule has 3 heteroatoms. The van der Waals surface area contributed by atoms with Crippen LogP contribution in [-0.2, 0) is 0 Å². The maximum Gasteiger partial charge on any atom is 0.284 e. The second-order valence-corrected chi connectivity index (χ2v) is 2.52. The molecule has 0 amide bonds. The highest BCUT2D eigenvalue weighted by molar-refractivity contribution is 5.91. The van der Waals surface area contributed by atoms with Crippen molar-refractivity contribution in [1.29, 1.82) is 0 Å². The molecule has 0 spiro atoms. The molecule has 0 aromatic carbocycles. The van der Waals surface area contributed by atoms with Crippen molar-refractivity contribution in [2.75, 3.05) is 6.61 Å². The lowest BCUT2D eigenvalue weighted by Gasteiger charge is -1.97. The molecular weight excluding hydrogens is 156 g/mol. The van der Waals surface area contributed by atoms with Gasteiger partial charge in [-0.25, -0.2) is 0 Å². The van der Waals surface area contributed by atoms with Crippen molar-refractivity contribution in [2.45, 2.75) is 20.3 Å². The predicted molar refractivity (Wildman–Crippen MR) is 44.5 cm³/mol. The van der Waals surface area contributed by atoms with E-state index in [1.807, 2.05) is 6.92 Å². The Morgan fingerprint density at radius 1 is 1.58 bits per heavy atom. The lowest BCUT2D eigenvalue weighted by Crippen LogP contribution is -1.93. The lowest BCUT2D eigenvalue weighted by atomic mass is 10.3. The molecule has 0 unspecified atom stereocenters. The van der Waals surface area contributed by atoms with Gasteiger partial charge in [-0.1, -0.05) is 6.92 Å². The molecule has 0 aliphatic heterocycles. The molecule has 1 aromatic rings. The summed E-state index contributed by atoms with van der Waals surface area (Å²) in [4.78, 5) is 10.8. The van der Waals surface area contributed by atoms with Gasteiger partial charge in [0.25, 0.3) is 5.95 Å². The Morgan fingerprint density at radius 3 is 2.83 bits per heavy atom. The quantitative estimate of drug-likeness (QED) is 0.647. The van der Waals surface area contributed by atoms with Crippen LogP contribution in [0.2, 0.25) is 0 Å². The highest BCUT2D eigenvalue weighted by Crippen LogP contribution is 2.16. The van der Waals surface area contributed by atoms with Gasteiger partial charge in [0.2, 0.25) is 0 Å². The van der Waals surface area contributed by atoms with Gasteiger partial charge in [-0.15, -0.1) is 0 Å². The SMILES string of the molecule is CCCOc1ccc(C(C)=O)o1. The fraction of sp³-hybridized carbons (Fsp3) is 0.444. The van der Waals surface area contributed by atoms with Crippen LogP contribution in [0.15, 0.2) is 16.5 Å². The van der Waals surface area contributed by atoms with E-state index in [9.17, 15) is 4.79 Å². The summed E-state index contributed by atoms with van der Waals surface area (Å²) < 4.78 is 10.2. The fourth-order valence-electron chi connectivity index (χ4n) is 0.790. The molecule has 0 saturated carbocycles. The van der Waals surface area contributed by atoms with Crippen LogP contribution in [0.3, 0.4) is 0 Å². The summed E-state index contributed by atoms with van der Waals surface area (Å²) in [6, 6.07) is 3.28. The molecule has 0 aliphatic rings. The van der Waals surface area contributed by atoms with Crippen molar-refractivity contribution in [3.05, 3.63) is 17.9 Å². The van der Waals surface area contributed by atoms with E-state index in [1.165, 1.54) is 6.92 Å². The van der Waals surface area contributed by atoms with Crippen LogP contribution < -0.4 is 4.74 Å². The van der Waals surface area contributed by atoms with Gasteiger partial charge in [0, 0.05) is 13.0 Å². The summed E-state index contributed by atoms with van der Waals surface area (Å²) in [7, 11) is 0. The molecule has 0 aliphatic carbocycles. The third-order valence-electron chi connectivity index (χ3n) is 1.38. The average molecular weight is 168 g/mol. The Kier molecular flexibility index (Phi) is 2.91. The first-order valence-electron chi connectivity index (χ1n) is 3.97. The minimum Gasteiger partial charge on any atom is -0.465 e. The summed E-state index contributed by atoms with van der Waals surface area (Å²) in [5, 5.41) is 0. The Morgan fingerprint density at radius 2 is 2.33 bits per heavy atom. The normalized spacial score (nSPS) is 9.83. The van der Waals surface area contributed by atoms with E-state index in [2.05, 4.69) is 0 Å². The molecule has 0 saturated heterocycles. The Hall–Kier alpha value is -1.25. The molecule has 0 fully saturated rings. The predicted octanol–water partition coefficient (Wildman–Crippen LogP) is 2.27. The number of Topliss-reactive ketones (excluding diaryl/α,β-unsaturated/α-hetero) is 1. The molecular formula is C9H12O3. The molecule has 3 nitrogen and oxygen atoms in total. The largest absolute Gasteiger partial charge is 0.465 e. The van der Waals surface area contributed by atoms with Gasteiger partial charge in [0.1, 0.15) is 0 Å². The van der Waals surface area contributed by atoms with Crippen LogP contribution in [-0.4, -0.2) is 12.4 Å². The third kappa shape index (κ3) is 2.12. The highest BCUT2D eigenvalue weighted by Gasteiger charge is 2.05. The van der Waals surface area contributed by atoms with Crippen molar-refractivity contribution >= 4 is 5.78 Å². The molecule has 0 atom stereocenters. The molecule has 1 heterocycles. The number of carbonyl (C=O) groups excluding carboxylic acids is 1. The Bertz CT molecular complexity index is 262. The van der Waals surface area contributed by atoms with Crippen LogP contribution in [0.5, 0.6) is 5.95 Å². The smallest absolute Gasteiger partial charge is 0.284 e. The van der Waals surface area contributed by atoms with Gasteiger partial charge < -0.3 is 9.15 Å². The van der Waals surface area contributed by atoms with Crippen molar-refractivity contribution in [3.63, 3.8) is 0 Å². The minimum absolute atomic E-state index is 0.0821. The molecule has 66 valence electrons. The van der Waals surface area contributed by atoms with E-state index >= 15 is 0 Å². The van der Waals surface area contributed by atoms with Gasteiger partial charge in [-0.3, -0.25) is 4.79 Å². The van der Waals surface area contributed by atoms with Crippen molar-refractivity contribution in [1.82, 2.24) is 0 Å². The second-order valence-electron chi connectivity index (χ2n) is 2.52. The number of ketones is 1. The molecule has 0 bridgehead atoms. The van der Waals surface area contributed by atoms with E-state index in [4.69, 9.17) is 9.15 Å². The topological polar surface area (TPSA) is 39.4 Å². The summed E-state index contributed by atoms with van der Waals surface area (Å²) in [5.74, 6) is 0.685. The number of hydrogen-bond donors (Lipinski definition) is 0. The average Bonchev–Trinajstić information content (AvgIpc) is 2.48. The van der Waals surface area contributed by atoms with Crippen LogP contribution in [0.1, 0.15) is 30.8 Å². The van der Waals surface area contributed by atoms with Crippen LogP contribution in [0, 0.1) is 0 Å². The number of ether oxygens (including phenoxy) is 1. The molecule has 0 radical (unpaired) electrons. The van der Waals surface area contributed by atoms with E-state index in [1.54, 1.807) is 12.1 Å². The van der Waals surface area contributed by atoms with Gasteiger partial charge >= 0.3 is 0 Å². The minimum atomic E-state index is -0.0821. The van der Waals surface area contributed by atoms with Gasteiger partial charge in [0.15, 0.2) is 11.5 Å². The first-order valence-corrected chi connectivity index (χ1v) is 3.97. The monoisotopic (exact) mass is 168 g/mol. The molecule has 12 heavy (non-hydrogen) atoms. The number of carbonyl (C=O) groups is 1. The van der Waals surface area contributed by atoms with Crippen LogP contribution in [0.25, 0.3) is 0 Å². The van der Waals surface area contributed by atoms with E-state index in [0.29, 0.717) is 18.3 Å². The molecule has 1 aromatic heterocycles. The summed E-state index contributed by atoms with van der Waals surface area (Å²) in [6.07, 6.45) is 0.927. The van der Waals surface area contributed by atoms with Gasteiger partial charge in [0.05, 0.1) is 6.61 Å². The first kappa shape index (κ1) is 8.84. The molecule has 0 N–H and O–H groups in total. The standard InChI is InChI=1S/C9H12O3/c1-3-6-11-9-5-4-8(12-9)7(2)10/h4-5H,3,6H2,1-2H3. The lowest BCUT2D eigenvalue weighted by molar-refractivity contribution is 0.0978. The van der Waals surface area contributed by atoms with Gasteiger partial charge in [-0.2, -0.15) is 0 Å². The Balaban J connectivity index is 2.58. The zero-order valence-corrected chi connectivity index (χ0v) is 7.29. The summed E-state index contributed by atoms with van der Waals surface area (Å²) >= 11 is 0. The van der Waals surface area contributed by atoms with Crippen molar-refractivity contribution in [2.24, 2.45) is 0 Å². The van der Waals surface area contributed by atoms with Crippen LogP contribution >= 0.6 is 0 Å². The number of furan rings is 1. The Labute approximate surface area is 71.3 Å². The van der Waals surface area contributed by atoms with Gasteiger partial charge in [-0.05, 0) is 12.5 Å². The highest BCUT2D eigenvalue weighted by atomic mass is 16.6. The zero-order chi connectivity index (χ0) is 8.97. The zero-order valence-electron chi connectivity index (χ0n) is 7.29. The fourth-order valence-corrected chi connectivity index (χ4v) is 0.790. The number of hydrogen-bond acceptors (Lipinski definition) is 3.